The van der Waals surface area contributed by atoms with Crippen LogP contribution in [0.1, 0.15) is 5.56 Å². The Kier molecular flexibility index (Phi) is 5.61. The van der Waals surface area contributed by atoms with Crippen LogP contribution in [0.3, 0.4) is 0 Å². The maximum absolute atomic E-state index is 11.5. The molecular formula is C13H12O9. The van der Waals surface area contributed by atoms with Crippen LogP contribution in [0.25, 0.3) is 6.08 Å². The third kappa shape index (κ3) is 4.58. The lowest BCUT2D eigenvalue weighted by Crippen LogP contribution is -2.41. The zero-order valence-corrected chi connectivity index (χ0v) is 10.9. The number of esters is 1. The number of carbonyl (C=O) groups excluding carboxylic acids is 1. The van der Waals surface area contributed by atoms with Gasteiger partial charge >= 0.3 is 17.9 Å². The van der Waals surface area contributed by atoms with Crippen molar-refractivity contribution in [3.63, 3.8) is 0 Å². The first-order valence-corrected chi connectivity index (χ1v) is 5.77. The Labute approximate surface area is 123 Å². The van der Waals surface area contributed by atoms with Gasteiger partial charge in [-0.05, 0) is 23.8 Å². The van der Waals surface area contributed by atoms with Gasteiger partial charge < -0.3 is 30.3 Å². The van der Waals surface area contributed by atoms with Crippen LogP contribution in [-0.4, -0.2) is 55.6 Å². The molecule has 1 aromatic carbocycles. The summed E-state index contributed by atoms with van der Waals surface area (Å²) < 4.78 is 4.58. The van der Waals surface area contributed by atoms with Crippen molar-refractivity contribution in [2.45, 2.75) is 12.2 Å². The SMILES string of the molecule is O=C(O)C=Cc1ccc(O)c(OC(=O)C(O)C(O)C(=O)O)c1. The Balaban J connectivity index is 2.93. The zero-order valence-electron chi connectivity index (χ0n) is 10.9. The van der Waals surface area contributed by atoms with Gasteiger partial charge in [-0.3, -0.25) is 0 Å². The number of hydrogen-bond donors (Lipinski definition) is 5. The number of ether oxygens (including phenoxy) is 1. The van der Waals surface area contributed by atoms with Crippen molar-refractivity contribution >= 4 is 24.0 Å². The second kappa shape index (κ2) is 7.20. The van der Waals surface area contributed by atoms with Crippen molar-refractivity contribution in [1.29, 1.82) is 0 Å². The van der Waals surface area contributed by atoms with Gasteiger partial charge in [0.2, 0.25) is 0 Å². The van der Waals surface area contributed by atoms with Crippen molar-refractivity contribution in [2.75, 3.05) is 0 Å². The number of phenolic OH excluding ortho intramolecular Hbond substituents is 1. The molecule has 2 atom stereocenters. The lowest BCUT2D eigenvalue weighted by molar-refractivity contribution is -0.164. The highest BCUT2D eigenvalue weighted by atomic mass is 16.6. The van der Waals surface area contributed by atoms with E-state index in [1.54, 1.807) is 0 Å². The van der Waals surface area contributed by atoms with Crippen LogP contribution in [0.5, 0.6) is 11.5 Å². The van der Waals surface area contributed by atoms with Crippen molar-refractivity contribution in [3.8, 4) is 11.5 Å². The molecule has 0 fully saturated rings. The highest BCUT2D eigenvalue weighted by Gasteiger charge is 2.32. The average Bonchev–Trinajstić information content (AvgIpc) is 2.46. The molecule has 22 heavy (non-hydrogen) atoms. The number of rotatable bonds is 6. The highest BCUT2D eigenvalue weighted by molar-refractivity contribution is 5.87. The summed E-state index contributed by atoms with van der Waals surface area (Å²) >= 11 is 0. The molecule has 1 rings (SSSR count). The maximum Gasteiger partial charge on any atom is 0.343 e. The van der Waals surface area contributed by atoms with Crippen LogP contribution >= 0.6 is 0 Å². The van der Waals surface area contributed by atoms with E-state index in [0.717, 1.165) is 24.3 Å². The van der Waals surface area contributed by atoms with Gasteiger partial charge in [0.05, 0.1) is 0 Å². The molecule has 2 unspecified atom stereocenters. The van der Waals surface area contributed by atoms with Gasteiger partial charge in [0, 0.05) is 6.08 Å². The largest absolute Gasteiger partial charge is 0.504 e. The molecule has 0 bridgehead atoms. The van der Waals surface area contributed by atoms with Gasteiger partial charge in [-0.2, -0.15) is 0 Å². The first kappa shape index (κ1) is 17.1. The number of aromatic hydroxyl groups is 1. The number of hydrogen-bond acceptors (Lipinski definition) is 7. The monoisotopic (exact) mass is 312 g/mol. The summed E-state index contributed by atoms with van der Waals surface area (Å²) in [6.07, 6.45) is -2.78. The Morgan fingerprint density at radius 2 is 1.73 bits per heavy atom. The minimum absolute atomic E-state index is 0.260. The van der Waals surface area contributed by atoms with Crippen molar-refractivity contribution in [1.82, 2.24) is 0 Å². The molecule has 0 heterocycles. The quantitative estimate of drug-likeness (QED) is 0.257. The standard InChI is InChI=1S/C13H12O9/c14-7-3-1-6(2-4-9(15)16)5-8(7)22-13(21)11(18)10(17)12(19)20/h1-5,10-11,14,17-18H,(H,15,16)(H,19,20). The molecular weight excluding hydrogens is 300 g/mol. The van der Waals surface area contributed by atoms with Crippen molar-refractivity contribution in [2.24, 2.45) is 0 Å². The second-order valence-corrected chi connectivity index (χ2v) is 4.05. The molecule has 5 N–H and O–H groups in total. The summed E-state index contributed by atoms with van der Waals surface area (Å²) in [6.45, 7) is 0. The number of carboxylic acids is 2. The van der Waals surface area contributed by atoms with Gasteiger partial charge in [0.1, 0.15) is 0 Å². The van der Waals surface area contributed by atoms with Crippen molar-refractivity contribution in [3.05, 3.63) is 29.8 Å². The number of carbonyl (C=O) groups is 3. The van der Waals surface area contributed by atoms with Crippen LogP contribution in [0.2, 0.25) is 0 Å². The predicted molar refractivity (Wildman–Crippen MR) is 70.1 cm³/mol. The van der Waals surface area contributed by atoms with E-state index < -0.39 is 41.6 Å². The van der Waals surface area contributed by atoms with Gasteiger partial charge in [-0.15, -0.1) is 0 Å². The summed E-state index contributed by atoms with van der Waals surface area (Å²) in [6, 6.07) is 3.52. The molecule has 0 amide bonds. The number of benzene rings is 1. The Morgan fingerprint density at radius 1 is 1.09 bits per heavy atom. The Morgan fingerprint density at radius 3 is 2.27 bits per heavy atom. The smallest absolute Gasteiger partial charge is 0.343 e. The van der Waals surface area contributed by atoms with Crippen LogP contribution in [0.4, 0.5) is 0 Å². The van der Waals surface area contributed by atoms with E-state index in [9.17, 15) is 24.6 Å². The van der Waals surface area contributed by atoms with Crippen LogP contribution in [-0.2, 0) is 14.4 Å². The molecule has 0 radical (unpaired) electrons. The third-order valence-electron chi connectivity index (χ3n) is 2.41. The van der Waals surface area contributed by atoms with Gasteiger partial charge in [0.15, 0.2) is 23.7 Å². The highest BCUT2D eigenvalue weighted by Crippen LogP contribution is 2.28. The summed E-state index contributed by atoms with van der Waals surface area (Å²) in [4.78, 5) is 32.3. The lowest BCUT2D eigenvalue weighted by atomic mass is 10.2. The summed E-state index contributed by atoms with van der Waals surface area (Å²) in [5.41, 5.74) is 0.260. The molecule has 0 aliphatic heterocycles. The molecule has 118 valence electrons. The van der Waals surface area contributed by atoms with E-state index in [1.165, 1.54) is 6.07 Å². The first-order valence-electron chi connectivity index (χ1n) is 5.77. The molecule has 0 aliphatic carbocycles. The van der Waals surface area contributed by atoms with Crippen molar-refractivity contribution < 1.29 is 44.7 Å². The minimum Gasteiger partial charge on any atom is -0.504 e. The van der Waals surface area contributed by atoms with Crippen LogP contribution < -0.4 is 4.74 Å². The number of aliphatic hydroxyl groups excluding tert-OH is 2. The molecule has 0 saturated heterocycles. The zero-order chi connectivity index (χ0) is 16.9. The number of aliphatic hydroxyl groups is 2. The van der Waals surface area contributed by atoms with E-state index in [2.05, 4.69) is 4.74 Å². The average molecular weight is 312 g/mol. The summed E-state index contributed by atoms with van der Waals surface area (Å²) in [7, 11) is 0. The minimum atomic E-state index is -2.38. The van der Waals surface area contributed by atoms with E-state index in [4.69, 9.17) is 15.3 Å². The van der Waals surface area contributed by atoms with E-state index in [0.29, 0.717) is 0 Å². The van der Waals surface area contributed by atoms with Gasteiger partial charge in [-0.1, -0.05) is 6.07 Å². The molecule has 0 aliphatic rings. The topological polar surface area (TPSA) is 162 Å². The lowest BCUT2D eigenvalue weighted by Gasteiger charge is -2.13. The fourth-order valence-electron chi connectivity index (χ4n) is 1.32. The Bertz CT molecular complexity index is 620. The molecule has 1 aromatic rings. The van der Waals surface area contributed by atoms with Gasteiger partial charge in [-0.25, -0.2) is 14.4 Å². The Hall–Kier alpha value is -2.91. The molecule has 0 aromatic heterocycles. The molecule has 9 nitrogen and oxygen atoms in total. The summed E-state index contributed by atoms with van der Waals surface area (Å²) in [5.74, 6) is -5.48. The molecule has 9 heteroatoms. The van der Waals surface area contributed by atoms with Gasteiger partial charge in [0.25, 0.3) is 0 Å². The van der Waals surface area contributed by atoms with E-state index >= 15 is 0 Å². The predicted octanol–water partition coefficient (Wildman–Crippen LogP) is -0.798. The number of phenols is 1. The molecule has 0 saturated carbocycles. The normalized spacial score (nSPS) is 13.5. The summed E-state index contributed by atoms with van der Waals surface area (Å²) in [5, 5.41) is 44.8. The second-order valence-electron chi connectivity index (χ2n) is 4.05. The fourth-order valence-corrected chi connectivity index (χ4v) is 1.32. The van der Waals surface area contributed by atoms with E-state index in [-0.39, 0.29) is 5.56 Å². The molecule has 0 spiro atoms. The number of carboxylic acid groups (broad SMARTS) is 2. The first-order chi connectivity index (χ1) is 10.2. The third-order valence-corrected chi connectivity index (χ3v) is 2.41. The fraction of sp³-hybridized carbons (Fsp3) is 0.154. The van der Waals surface area contributed by atoms with E-state index in [1.807, 2.05) is 0 Å². The number of aliphatic carboxylic acids is 2. The maximum atomic E-state index is 11.5. The van der Waals surface area contributed by atoms with Crippen LogP contribution in [0, 0.1) is 0 Å². The van der Waals surface area contributed by atoms with Crippen LogP contribution in [0.15, 0.2) is 24.3 Å².